The van der Waals surface area contributed by atoms with Crippen molar-refractivity contribution in [3.8, 4) is 0 Å². The van der Waals surface area contributed by atoms with E-state index in [1.54, 1.807) is 0 Å². The van der Waals surface area contributed by atoms with E-state index in [-0.39, 0.29) is 0 Å². The average molecular weight is 200 g/mol. The van der Waals surface area contributed by atoms with Crippen LogP contribution in [0.1, 0.15) is 27.2 Å². The van der Waals surface area contributed by atoms with E-state index in [4.69, 9.17) is 10.5 Å². The third-order valence-electron chi connectivity index (χ3n) is 3.11. The maximum atomic E-state index is 5.81. The Balaban J connectivity index is 2.48. The highest BCUT2D eigenvalue weighted by atomic mass is 16.5. The topological polar surface area (TPSA) is 38.5 Å². The second-order valence-corrected chi connectivity index (χ2v) is 4.44. The lowest BCUT2D eigenvalue weighted by Gasteiger charge is -2.39. The standard InChI is InChI=1S/C11H24N2O/c1-4-10-8-13(5-6-14-10)11(7-12)9(2)3/h9-11H,4-8,12H2,1-3H3. The highest BCUT2D eigenvalue weighted by Gasteiger charge is 2.26. The van der Waals surface area contributed by atoms with Crippen molar-refractivity contribution in [3.05, 3.63) is 0 Å². The monoisotopic (exact) mass is 200 g/mol. The van der Waals surface area contributed by atoms with E-state index in [1.165, 1.54) is 0 Å². The van der Waals surface area contributed by atoms with Gasteiger partial charge in [-0.3, -0.25) is 4.90 Å². The number of morpholine rings is 1. The first-order chi connectivity index (χ1) is 6.69. The molecule has 14 heavy (non-hydrogen) atoms. The van der Waals surface area contributed by atoms with Gasteiger partial charge in [0.1, 0.15) is 0 Å². The molecule has 1 rings (SSSR count). The van der Waals surface area contributed by atoms with Crippen molar-refractivity contribution in [3.63, 3.8) is 0 Å². The summed E-state index contributed by atoms with van der Waals surface area (Å²) in [4.78, 5) is 2.49. The van der Waals surface area contributed by atoms with Crippen LogP contribution >= 0.6 is 0 Å². The fourth-order valence-electron chi connectivity index (χ4n) is 2.13. The zero-order valence-corrected chi connectivity index (χ0v) is 9.70. The Labute approximate surface area is 87.6 Å². The lowest BCUT2D eigenvalue weighted by atomic mass is 10.0. The van der Waals surface area contributed by atoms with Crippen LogP contribution < -0.4 is 5.73 Å². The molecule has 84 valence electrons. The third kappa shape index (κ3) is 2.94. The Morgan fingerprint density at radius 3 is 2.71 bits per heavy atom. The van der Waals surface area contributed by atoms with E-state index in [0.29, 0.717) is 18.1 Å². The number of rotatable bonds is 4. The van der Waals surface area contributed by atoms with E-state index in [2.05, 4.69) is 25.7 Å². The van der Waals surface area contributed by atoms with Gasteiger partial charge in [-0.25, -0.2) is 0 Å². The summed E-state index contributed by atoms with van der Waals surface area (Å²) >= 11 is 0. The summed E-state index contributed by atoms with van der Waals surface area (Å²) in [7, 11) is 0. The molecule has 1 heterocycles. The molecule has 2 atom stereocenters. The first-order valence-electron chi connectivity index (χ1n) is 5.74. The van der Waals surface area contributed by atoms with Gasteiger partial charge in [-0.15, -0.1) is 0 Å². The van der Waals surface area contributed by atoms with Crippen molar-refractivity contribution < 1.29 is 4.74 Å². The zero-order chi connectivity index (χ0) is 10.6. The van der Waals surface area contributed by atoms with Gasteiger partial charge in [-0.05, 0) is 12.3 Å². The Kier molecular flexibility index (Phi) is 4.85. The van der Waals surface area contributed by atoms with Crippen LogP contribution in [0.15, 0.2) is 0 Å². The van der Waals surface area contributed by atoms with Crippen LogP contribution in [-0.2, 0) is 4.74 Å². The lowest BCUT2D eigenvalue weighted by molar-refractivity contribution is -0.0492. The minimum Gasteiger partial charge on any atom is -0.376 e. The molecule has 0 aromatic rings. The Bertz CT molecular complexity index is 161. The number of hydrogen-bond donors (Lipinski definition) is 1. The van der Waals surface area contributed by atoms with Crippen molar-refractivity contribution in [1.82, 2.24) is 4.90 Å². The third-order valence-corrected chi connectivity index (χ3v) is 3.11. The molecule has 2 N–H and O–H groups in total. The lowest BCUT2D eigenvalue weighted by Crippen LogP contribution is -2.52. The summed E-state index contributed by atoms with van der Waals surface area (Å²) < 4.78 is 5.65. The van der Waals surface area contributed by atoms with Crippen LogP contribution in [0.3, 0.4) is 0 Å². The Morgan fingerprint density at radius 2 is 2.21 bits per heavy atom. The van der Waals surface area contributed by atoms with Gasteiger partial charge >= 0.3 is 0 Å². The maximum Gasteiger partial charge on any atom is 0.0700 e. The molecule has 0 radical (unpaired) electrons. The van der Waals surface area contributed by atoms with E-state index < -0.39 is 0 Å². The molecule has 0 spiro atoms. The van der Waals surface area contributed by atoms with Crippen LogP contribution in [0.2, 0.25) is 0 Å². The Morgan fingerprint density at radius 1 is 1.50 bits per heavy atom. The second kappa shape index (κ2) is 5.69. The van der Waals surface area contributed by atoms with Gasteiger partial charge in [0.2, 0.25) is 0 Å². The van der Waals surface area contributed by atoms with Gasteiger partial charge in [-0.1, -0.05) is 20.8 Å². The average Bonchev–Trinajstić information content (AvgIpc) is 2.19. The molecule has 1 aliphatic heterocycles. The van der Waals surface area contributed by atoms with E-state index in [9.17, 15) is 0 Å². The first kappa shape index (κ1) is 12.0. The molecule has 0 amide bonds. The number of nitrogens with two attached hydrogens (primary N) is 1. The molecule has 1 saturated heterocycles. The summed E-state index contributed by atoms with van der Waals surface area (Å²) in [5.41, 5.74) is 5.81. The molecule has 0 bridgehead atoms. The molecule has 3 heteroatoms. The molecule has 0 aliphatic carbocycles. The normalized spacial score (nSPS) is 26.8. The fourth-order valence-corrected chi connectivity index (χ4v) is 2.13. The molecular formula is C11H24N2O. The SMILES string of the molecule is CCC1CN(C(CN)C(C)C)CCO1. The molecule has 0 aromatic carbocycles. The minimum absolute atomic E-state index is 0.413. The summed E-state index contributed by atoms with van der Waals surface area (Å²) in [5, 5.41) is 0. The molecule has 0 saturated carbocycles. The van der Waals surface area contributed by atoms with Gasteiger partial charge < -0.3 is 10.5 Å². The van der Waals surface area contributed by atoms with E-state index in [1.807, 2.05) is 0 Å². The van der Waals surface area contributed by atoms with Crippen LogP contribution in [0.4, 0.5) is 0 Å². The smallest absolute Gasteiger partial charge is 0.0700 e. The fraction of sp³-hybridized carbons (Fsp3) is 1.00. The highest BCUT2D eigenvalue weighted by molar-refractivity contribution is 4.80. The summed E-state index contributed by atoms with van der Waals surface area (Å²) in [6.45, 7) is 10.4. The number of ether oxygens (including phenoxy) is 1. The van der Waals surface area contributed by atoms with Crippen molar-refractivity contribution in [2.75, 3.05) is 26.2 Å². The van der Waals surface area contributed by atoms with Gasteiger partial charge in [0.15, 0.2) is 0 Å². The van der Waals surface area contributed by atoms with Crippen molar-refractivity contribution in [2.45, 2.75) is 39.3 Å². The van der Waals surface area contributed by atoms with Gasteiger partial charge in [0.05, 0.1) is 12.7 Å². The van der Waals surface area contributed by atoms with Gasteiger partial charge in [0, 0.05) is 25.7 Å². The van der Waals surface area contributed by atoms with Crippen molar-refractivity contribution in [1.29, 1.82) is 0 Å². The Hall–Kier alpha value is -0.120. The molecule has 1 fully saturated rings. The molecular weight excluding hydrogens is 176 g/mol. The quantitative estimate of drug-likeness (QED) is 0.738. The molecule has 3 nitrogen and oxygen atoms in total. The number of nitrogens with zero attached hydrogens (tertiary/aromatic N) is 1. The highest BCUT2D eigenvalue weighted by Crippen LogP contribution is 2.15. The van der Waals surface area contributed by atoms with Gasteiger partial charge in [0.25, 0.3) is 0 Å². The summed E-state index contributed by atoms with van der Waals surface area (Å²) in [6.07, 6.45) is 1.52. The molecule has 1 aliphatic rings. The number of hydrogen-bond acceptors (Lipinski definition) is 3. The van der Waals surface area contributed by atoms with Gasteiger partial charge in [-0.2, -0.15) is 0 Å². The van der Waals surface area contributed by atoms with Crippen LogP contribution in [0.25, 0.3) is 0 Å². The van der Waals surface area contributed by atoms with Crippen molar-refractivity contribution in [2.24, 2.45) is 11.7 Å². The molecule has 2 unspecified atom stereocenters. The van der Waals surface area contributed by atoms with E-state index in [0.717, 1.165) is 32.7 Å². The van der Waals surface area contributed by atoms with Crippen LogP contribution in [-0.4, -0.2) is 43.3 Å². The van der Waals surface area contributed by atoms with Crippen LogP contribution in [0.5, 0.6) is 0 Å². The predicted molar refractivity (Wildman–Crippen MR) is 59.3 cm³/mol. The summed E-state index contributed by atoms with van der Waals surface area (Å²) in [5.74, 6) is 0.635. The molecule has 0 aromatic heterocycles. The first-order valence-corrected chi connectivity index (χ1v) is 5.74. The second-order valence-electron chi connectivity index (χ2n) is 4.44. The van der Waals surface area contributed by atoms with Crippen LogP contribution in [0, 0.1) is 5.92 Å². The van der Waals surface area contributed by atoms with Crippen molar-refractivity contribution >= 4 is 0 Å². The van der Waals surface area contributed by atoms with E-state index >= 15 is 0 Å². The predicted octanol–water partition coefficient (Wildman–Crippen LogP) is 1.08. The maximum absolute atomic E-state index is 5.81. The zero-order valence-electron chi connectivity index (χ0n) is 9.70. The summed E-state index contributed by atoms with van der Waals surface area (Å²) in [6, 6.07) is 0.521. The largest absolute Gasteiger partial charge is 0.376 e. The minimum atomic E-state index is 0.413.